The van der Waals surface area contributed by atoms with Crippen molar-refractivity contribution in [1.29, 1.82) is 5.26 Å². The van der Waals surface area contributed by atoms with Crippen molar-refractivity contribution >= 4 is 37.8 Å². The zero-order valence-electron chi connectivity index (χ0n) is 11.5. The predicted octanol–water partition coefficient (Wildman–Crippen LogP) is 3.60. The topological polar surface area (TPSA) is 115 Å². The van der Waals surface area contributed by atoms with E-state index < -0.39 is 16.0 Å². The summed E-state index contributed by atoms with van der Waals surface area (Å²) in [4.78, 5) is 0.982. The monoisotopic (exact) mass is 336 g/mol. The highest BCUT2D eigenvalue weighted by Gasteiger charge is 2.05. The number of hydrogen-bond acceptors (Lipinski definition) is 7. The summed E-state index contributed by atoms with van der Waals surface area (Å²) in [5, 5.41) is 20.2. The molecule has 9 heteroatoms. The predicted molar refractivity (Wildman–Crippen MR) is 84.4 cm³/mol. The second-order valence-electron chi connectivity index (χ2n) is 4.34. The van der Waals surface area contributed by atoms with Gasteiger partial charge in [-0.05, 0) is 37.3 Å². The number of azo groups is 1. The van der Waals surface area contributed by atoms with E-state index in [1.807, 2.05) is 6.92 Å². The zero-order chi connectivity index (χ0) is 16.2. The van der Waals surface area contributed by atoms with Crippen molar-refractivity contribution in [3.63, 3.8) is 0 Å². The van der Waals surface area contributed by atoms with E-state index in [1.54, 1.807) is 30.3 Å². The number of anilines is 1. The molecule has 2 aromatic rings. The van der Waals surface area contributed by atoms with Gasteiger partial charge in [-0.15, -0.1) is 21.6 Å². The Balaban J connectivity index is 2.08. The molecule has 0 bridgehead atoms. The first-order valence-corrected chi connectivity index (χ1v) is 8.51. The summed E-state index contributed by atoms with van der Waals surface area (Å²) < 4.78 is 29.9. The van der Waals surface area contributed by atoms with Crippen molar-refractivity contribution in [2.45, 2.75) is 6.92 Å². The third kappa shape index (κ3) is 4.63. The fraction of sp³-hybridized carbons (Fsp3) is 0.154. The van der Waals surface area contributed by atoms with Crippen molar-refractivity contribution in [2.75, 3.05) is 11.2 Å². The highest BCUT2D eigenvalue weighted by molar-refractivity contribution is 7.85. The number of thiophene rings is 1. The van der Waals surface area contributed by atoms with E-state index in [1.165, 1.54) is 11.3 Å². The molecule has 114 valence electrons. The van der Waals surface area contributed by atoms with Crippen LogP contribution in [0.5, 0.6) is 0 Å². The van der Waals surface area contributed by atoms with E-state index in [4.69, 9.17) is 9.81 Å². The molecular weight excluding hydrogens is 324 g/mol. The summed E-state index contributed by atoms with van der Waals surface area (Å²) in [5.41, 5.74) is 1.58. The molecule has 0 saturated heterocycles. The van der Waals surface area contributed by atoms with Crippen LogP contribution >= 0.6 is 11.3 Å². The summed E-state index contributed by atoms with van der Waals surface area (Å²) >= 11 is 1.38. The van der Waals surface area contributed by atoms with Crippen molar-refractivity contribution in [2.24, 2.45) is 10.2 Å². The molecule has 0 amide bonds. The molecule has 1 aromatic carbocycles. The lowest BCUT2D eigenvalue weighted by Crippen LogP contribution is -2.12. The van der Waals surface area contributed by atoms with Gasteiger partial charge >= 0.3 is 0 Å². The maximum atomic E-state index is 10.6. The van der Waals surface area contributed by atoms with E-state index in [0.717, 1.165) is 4.88 Å². The van der Waals surface area contributed by atoms with Crippen LogP contribution in [-0.4, -0.2) is 18.8 Å². The van der Waals surface area contributed by atoms with Gasteiger partial charge < -0.3 is 5.32 Å². The Morgan fingerprint density at radius 3 is 2.59 bits per heavy atom. The second kappa shape index (κ2) is 6.65. The Kier molecular flexibility index (Phi) is 4.87. The zero-order valence-corrected chi connectivity index (χ0v) is 13.1. The van der Waals surface area contributed by atoms with Crippen molar-refractivity contribution in [3.05, 3.63) is 40.8 Å². The Bertz CT molecular complexity index is 833. The van der Waals surface area contributed by atoms with Crippen LogP contribution in [0.3, 0.4) is 0 Å². The lowest BCUT2D eigenvalue weighted by Gasteiger charge is -2.03. The SMILES string of the molecule is Cc1cc(C#N)c(/N=N/c2ccc(NCS(=O)(=O)O)cc2)s1. The van der Waals surface area contributed by atoms with Crippen LogP contribution in [0.2, 0.25) is 0 Å². The van der Waals surface area contributed by atoms with E-state index >= 15 is 0 Å². The van der Waals surface area contributed by atoms with Crippen LogP contribution in [0.15, 0.2) is 40.6 Å². The Morgan fingerprint density at radius 2 is 2.00 bits per heavy atom. The lowest BCUT2D eigenvalue weighted by atomic mass is 10.3. The molecule has 0 aliphatic heterocycles. The molecule has 0 atom stereocenters. The molecule has 22 heavy (non-hydrogen) atoms. The molecule has 2 rings (SSSR count). The van der Waals surface area contributed by atoms with E-state index in [0.29, 0.717) is 21.9 Å². The quantitative estimate of drug-likeness (QED) is 0.639. The van der Waals surface area contributed by atoms with E-state index in [2.05, 4.69) is 21.6 Å². The molecule has 7 nitrogen and oxygen atoms in total. The molecule has 0 fully saturated rings. The lowest BCUT2D eigenvalue weighted by molar-refractivity contribution is 0.485. The van der Waals surface area contributed by atoms with Gasteiger partial charge in [0.05, 0.1) is 11.3 Å². The van der Waals surface area contributed by atoms with Crippen LogP contribution < -0.4 is 5.32 Å². The molecule has 0 aliphatic rings. The van der Waals surface area contributed by atoms with Crippen LogP contribution in [0.1, 0.15) is 10.4 Å². The number of nitrogens with zero attached hydrogens (tertiary/aromatic N) is 3. The van der Waals surface area contributed by atoms with Gasteiger partial charge in [0.2, 0.25) is 0 Å². The van der Waals surface area contributed by atoms with Gasteiger partial charge in [-0.2, -0.15) is 13.7 Å². The van der Waals surface area contributed by atoms with E-state index in [9.17, 15) is 8.42 Å². The molecule has 0 spiro atoms. The molecule has 1 aromatic heterocycles. The molecular formula is C13H12N4O3S2. The molecule has 1 heterocycles. The standard InChI is InChI=1S/C13H12N4O3S2/c1-9-6-10(7-14)13(21-9)17-16-12-4-2-11(3-5-12)15-8-22(18,19)20/h2-6,15H,8H2,1H3,(H,18,19,20)/b17-16+. The number of hydrogen-bond donors (Lipinski definition) is 2. The van der Waals surface area contributed by atoms with Gasteiger partial charge in [-0.3, -0.25) is 4.55 Å². The molecule has 0 unspecified atom stereocenters. The number of nitriles is 1. The maximum Gasteiger partial charge on any atom is 0.283 e. The molecule has 0 radical (unpaired) electrons. The minimum Gasteiger partial charge on any atom is -0.370 e. The largest absolute Gasteiger partial charge is 0.370 e. The van der Waals surface area contributed by atoms with Gasteiger partial charge in [-0.25, -0.2) is 0 Å². The highest BCUT2D eigenvalue weighted by atomic mass is 32.2. The Labute approximate surface area is 131 Å². The third-order valence-corrected chi connectivity index (χ3v) is 3.98. The number of benzene rings is 1. The minimum atomic E-state index is -4.07. The number of nitrogens with one attached hydrogen (secondary N) is 1. The van der Waals surface area contributed by atoms with Gasteiger partial charge in [0.1, 0.15) is 11.9 Å². The van der Waals surface area contributed by atoms with Crippen molar-refractivity contribution < 1.29 is 13.0 Å². The van der Waals surface area contributed by atoms with Crippen LogP contribution in [0, 0.1) is 18.3 Å². The second-order valence-corrected chi connectivity index (χ2v) is 7.02. The summed E-state index contributed by atoms with van der Waals surface area (Å²) in [6.45, 7) is 1.89. The maximum absolute atomic E-state index is 10.6. The molecule has 2 N–H and O–H groups in total. The highest BCUT2D eigenvalue weighted by Crippen LogP contribution is 2.31. The average molecular weight is 336 g/mol. The Hall–Kier alpha value is -2.28. The summed E-state index contributed by atoms with van der Waals surface area (Å²) in [6.07, 6.45) is 0. The molecule has 0 aliphatic carbocycles. The van der Waals surface area contributed by atoms with Crippen molar-refractivity contribution in [3.8, 4) is 6.07 Å². The van der Waals surface area contributed by atoms with Gasteiger partial charge in [0.15, 0.2) is 5.00 Å². The van der Waals surface area contributed by atoms with Gasteiger partial charge in [0, 0.05) is 10.6 Å². The number of rotatable bonds is 5. The molecule has 0 saturated carbocycles. The summed E-state index contributed by atoms with van der Waals surface area (Å²) in [6, 6.07) is 10.3. The summed E-state index contributed by atoms with van der Waals surface area (Å²) in [7, 11) is -4.07. The average Bonchev–Trinajstić information content (AvgIpc) is 2.83. The van der Waals surface area contributed by atoms with E-state index in [-0.39, 0.29) is 0 Å². The van der Waals surface area contributed by atoms with Crippen LogP contribution in [0.25, 0.3) is 0 Å². The fourth-order valence-electron chi connectivity index (χ4n) is 1.58. The normalized spacial score (nSPS) is 11.5. The third-order valence-electron chi connectivity index (χ3n) is 2.54. The number of aryl methyl sites for hydroxylation is 1. The summed E-state index contributed by atoms with van der Waals surface area (Å²) in [5.74, 6) is -0.562. The van der Waals surface area contributed by atoms with Crippen molar-refractivity contribution in [1.82, 2.24) is 0 Å². The minimum absolute atomic E-state index is 0.484. The van der Waals surface area contributed by atoms with Gasteiger partial charge in [-0.1, -0.05) is 0 Å². The first-order valence-electron chi connectivity index (χ1n) is 6.09. The fourth-order valence-corrected chi connectivity index (χ4v) is 2.71. The van der Waals surface area contributed by atoms with Crippen LogP contribution in [0.4, 0.5) is 16.4 Å². The van der Waals surface area contributed by atoms with Crippen LogP contribution in [-0.2, 0) is 10.1 Å². The smallest absolute Gasteiger partial charge is 0.283 e. The Morgan fingerprint density at radius 1 is 1.32 bits per heavy atom. The first kappa shape index (κ1) is 16.1. The first-order chi connectivity index (χ1) is 10.4. The van der Waals surface area contributed by atoms with Gasteiger partial charge in [0.25, 0.3) is 10.1 Å².